The van der Waals surface area contributed by atoms with Crippen LogP contribution >= 0.6 is 0 Å². The molecule has 0 bridgehead atoms. The highest BCUT2D eigenvalue weighted by Gasteiger charge is 2.28. The van der Waals surface area contributed by atoms with Gasteiger partial charge in [-0.3, -0.25) is 15.1 Å². The van der Waals surface area contributed by atoms with Crippen molar-refractivity contribution >= 4 is 5.69 Å². The monoisotopic (exact) mass is 222 g/mol. The summed E-state index contributed by atoms with van der Waals surface area (Å²) < 4.78 is 5.45. The van der Waals surface area contributed by atoms with Crippen LogP contribution in [0.5, 0.6) is 5.75 Å². The normalized spacial score (nSPS) is 15.2. The van der Waals surface area contributed by atoms with Crippen molar-refractivity contribution in [3.63, 3.8) is 0 Å². The van der Waals surface area contributed by atoms with Gasteiger partial charge >= 0.3 is 5.69 Å². The number of ether oxygens (including phenoxy) is 1. The molecule has 1 aliphatic carbocycles. The van der Waals surface area contributed by atoms with E-state index in [1.807, 2.05) is 13.8 Å². The minimum Gasteiger partial charge on any atom is -0.482 e. The standard InChI is InChI=1S/C11H14N2O3/c1-7(2)9-5-10(13(14)15)11(6-12-9)16-8-3-4-8/h5-8H,3-4H2,1-2H3. The molecule has 0 aliphatic heterocycles. The lowest BCUT2D eigenvalue weighted by Gasteiger charge is -2.08. The molecule has 1 fully saturated rings. The largest absolute Gasteiger partial charge is 0.482 e. The van der Waals surface area contributed by atoms with E-state index >= 15 is 0 Å². The van der Waals surface area contributed by atoms with Crippen LogP contribution in [0.4, 0.5) is 5.69 Å². The lowest BCUT2D eigenvalue weighted by molar-refractivity contribution is -0.386. The summed E-state index contributed by atoms with van der Waals surface area (Å²) in [5.41, 5.74) is 0.737. The molecular formula is C11H14N2O3. The third-order valence-corrected chi connectivity index (χ3v) is 2.47. The second kappa shape index (κ2) is 4.08. The fraction of sp³-hybridized carbons (Fsp3) is 0.545. The Morgan fingerprint density at radius 1 is 1.56 bits per heavy atom. The average molecular weight is 222 g/mol. The van der Waals surface area contributed by atoms with Crippen molar-refractivity contribution in [2.75, 3.05) is 0 Å². The molecule has 1 aromatic heterocycles. The second-order valence-electron chi connectivity index (χ2n) is 4.31. The van der Waals surface area contributed by atoms with Gasteiger partial charge in [0.25, 0.3) is 0 Å². The van der Waals surface area contributed by atoms with Crippen LogP contribution in [0.1, 0.15) is 38.3 Å². The molecule has 1 aliphatic rings. The number of hydrogen-bond acceptors (Lipinski definition) is 4. The van der Waals surface area contributed by atoms with Crippen molar-refractivity contribution in [1.29, 1.82) is 0 Å². The molecule has 0 N–H and O–H groups in total. The number of hydrogen-bond donors (Lipinski definition) is 0. The molecule has 0 radical (unpaired) electrons. The van der Waals surface area contributed by atoms with Gasteiger partial charge in [0.05, 0.1) is 17.2 Å². The highest BCUT2D eigenvalue weighted by Crippen LogP contribution is 2.34. The zero-order chi connectivity index (χ0) is 11.7. The van der Waals surface area contributed by atoms with Gasteiger partial charge in [0, 0.05) is 11.8 Å². The Labute approximate surface area is 93.6 Å². The third-order valence-electron chi connectivity index (χ3n) is 2.47. The minimum atomic E-state index is -0.411. The molecule has 5 heteroatoms. The van der Waals surface area contributed by atoms with Crippen molar-refractivity contribution in [2.24, 2.45) is 0 Å². The maximum Gasteiger partial charge on any atom is 0.314 e. The maximum absolute atomic E-state index is 10.9. The summed E-state index contributed by atoms with van der Waals surface area (Å²) in [7, 11) is 0. The van der Waals surface area contributed by atoms with Crippen molar-refractivity contribution in [1.82, 2.24) is 4.98 Å². The summed E-state index contributed by atoms with van der Waals surface area (Å²) in [6, 6.07) is 1.50. The molecule has 1 saturated carbocycles. The molecule has 86 valence electrons. The van der Waals surface area contributed by atoms with Crippen LogP contribution in [0.15, 0.2) is 12.3 Å². The summed E-state index contributed by atoms with van der Waals surface area (Å²) in [5, 5.41) is 10.9. The molecule has 2 rings (SSSR count). The quantitative estimate of drug-likeness (QED) is 0.580. The fourth-order valence-electron chi connectivity index (χ4n) is 1.36. The van der Waals surface area contributed by atoms with Gasteiger partial charge in [0.1, 0.15) is 0 Å². The van der Waals surface area contributed by atoms with E-state index in [4.69, 9.17) is 4.74 Å². The Morgan fingerprint density at radius 3 is 2.75 bits per heavy atom. The van der Waals surface area contributed by atoms with Crippen LogP contribution in [0, 0.1) is 10.1 Å². The summed E-state index contributed by atoms with van der Waals surface area (Å²) in [4.78, 5) is 14.7. The van der Waals surface area contributed by atoms with E-state index in [0.29, 0.717) is 0 Å². The van der Waals surface area contributed by atoms with Crippen molar-refractivity contribution in [3.8, 4) is 5.75 Å². The molecule has 1 aromatic rings. The number of pyridine rings is 1. The molecule has 5 nitrogen and oxygen atoms in total. The number of rotatable bonds is 4. The van der Waals surface area contributed by atoms with Crippen LogP contribution in [0.2, 0.25) is 0 Å². The van der Waals surface area contributed by atoms with E-state index in [-0.39, 0.29) is 23.5 Å². The molecule has 0 atom stereocenters. The van der Waals surface area contributed by atoms with Crippen LogP contribution < -0.4 is 4.74 Å². The molecule has 0 spiro atoms. The Balaban J connectivity index is 2.32. The predicted octanol–water partition coefficient (Wildman–Crippen LogP) is 2.65. The van der Waals surface area contributed by atoms with E-state index in [2.05, 4.69) is 4.98 Å². The van der Waals surface area contributed by atoms with Gasteiger partial charge < -0.3 is 4.74 Å². The van der Waals surface area contributed by atoms with Gasteiger partial charge in [-0.2, -0.15) is 0 Å². The van der Waals surface area contributed by atoms with Gasteiger partial charge in [0.2, 0.25) is 5.75 Å². The first-order valence-electron chi connectivity index (χ1n) is 5.39. The first-order valence-corrected chi connectivity index (χ1v) is 5.39. The SMILES string of the molecule is CC(C)c1cc([N+](=O)[O-])c(OC2CC2)cn1. The Kier molecular flexibility index (Phi) is 2.77. The van der Waals surface area contributed by atoms with Crippen molar-refractivity contribution < 1.29 is 9.66 Å². The molecule has 0 amide bonds. The third kappa shape index (κ3) is 2.29. The number of nitro groups is 1. The zero-order valence-electron chi connectivity index (χ0n) is 9.34. The summed E-state index contributed by atoms with van der Waals surface area (Å²) in [5.74, 6) is 0.463. The van der Waals surface area contributed by atoms with Crippen LogP contribution in [0.25, 0.3) is 0 Å². The Hall–Kier alpha value is -1.65. The summed E-state index contributed by atoms with van der Waals surface area (Å²) in [6.45, 7) is 3.90. The molecule has 0 saturated heterocycles. The maximum atomic E-state index is 10.9. The van der Waals surface area contributed by atoms with Crippen molar-refractivity contribution in [3.05, 3.63) is 28.1 Å². The zero-order valence-corrected chi connectivity index (χ0v) is 9.34. The lowest BCUT2D eigenvalue weighted by atomic mass is 10.1. The Bertz CT molecular complexity index is 414. The van der Waals surface area contributed by atoms with E-state index in [9.17, 15) is 10.1 Å². The van der Waals surface area contributed by atoms with Crippen LogP contribution in [0.3, 0.4) is 0 Å². The highest BCUT2D eigenvalue weighted by atomic mass is 16.6. The smallest absolute Gasteiger partial charge is 0.314 e. The fourth-order valence-corrected chi connectivity index (χ4v) is 1.36. The molecule has 1 heterocycles. The van der Waals surface area contributed by atoms with Gasteiger partial charge in [0.15, 0.2) is 0 Å². The van der Waals surface area contributed by atoms with Crippen molar-refractivity contribution in [2.45, 2.75) is 38.7 Å². The highest BCUT2D eigenvalue weighted by molar-refractivity contribution is 5.46. The molecule has 16 heavy (non-hydrogen) atoms. The van der Waals surface area contributed by atoms with Crippen LogP contribution in [-0.2, 0) is 0 Å². The first-order chi connectivity index (χ1) is 7.58. The first kappa shape index (κ1) is 10.9. The molecule has 0 unspecified atom stereocenters. The Morgan fingerprint density at radius 2 is 2.25 bits per heavy atom. The van der Waals surface area contributed by atoms with E-state index in [0.717, 1.165) is 18.5 Å². The van der Waals surface area contributed by atoms with Gasteiger partial charge in [-0.1, -0.05) is 13.8 Å². The molecule has 0 aromatic carbocycles. The average Bonchev–Trinajstić information content (AvgIpc) is 3.01. The van der Waals surface area contributed by atoms with E-state index < -0.39 is 4.92 Å². The predicted molar refractivity (Wildman–Crippen MR) is 58.6 cm³/mol. The number of aromatic nitrogens is 1. The molecular weight excluding hydrogens is 208 g/mol. The minimum absolute atomic E-state index is 0.0191. The number of nitrogens with zero attached hydrogens (tertiary/aromatic N) is 2. The lowest BCUT2D eigenvalue weighted by Crippen LogP contribution is -2.03. The summed E-state index contributed by atoms with van der Waals surface area (Å²) >= 11 is 0. The summed E-state index contributed by atoms with van der Waals surface area (Å²) in [6.07, 6.45) is 3.56. The van der Waals surface area contributed by atoms with Gasteiger partial charge in [-0.25, -0.2) is 0 Å². The van der Waals surface area contributed by atoms with E-state index in [1.165, 1.54) is 12.3 Å². The second-order valence-corrected chi connectivity index (χ2v) is 4.31. The van der Waals surface area contributed by atoms with E-state index in [1.54, 1.807) is 0 Å². The van der Waals surface area contributed by atoms with Crippen LogP contribution in [-0.4, -0.2) is 16.0 Å². The topological polar surface area (TPSA) is 65.3 Å². The van der Waals surface area contributed by atoms with Gasteiger partial charge in [-0.05, 0) is 18.8 Å². The van der Waals surface area contributed by atoms with Gasteiger partial charge in [-0.15, -0.1) is 0 Å².